The zero-order valence-corrected chi connectivity index (χ0v) is 11.1. The summed E-state index contributed by atoms with van der Waals surface area (Å²) in [5.74, 6) is 0.886. The van der Waals surface area contributed by atoms with Gasteiger partial charge in [-0.3, -0.25) is 5.41 Å². The highest BCUT2D eigenvalue weighted by molar-refractivity contribution is 5.99. The van der Waals surface area contributed by atoms with Crippen LogP contribution in [0.5, 0.6) is 0 Å². The van der Waals surface area contributed by atoms with Gasteiger partial charge in [-0.2, -0.15) is 0 Å². The highest BCUT2D eigenvalue weighted by atomic mass is 15.2. The van der Waals surface area contributed by atoms with Crippen LogP contribution in [0.4, 0.5) is 5.82 Å². The standard InChI is InChI=1S/C13H22N4/c1-5-10(6-2)17(4)13-11(12(14)15)8-7-9(3)16-13/h7-8,10H,5-6H2,1-4H3,(H3,14,15). The van der Waals surface area contributed by atoms with E-state index in [9.17, 15) is 0 Å². The van der Waals surface area contributed by atoms with Gasteiger partial charge in [0.25, 0.3) is 0 Å². The number of amidine groups is 1. The van der Waals surface area contributed by atoms with Gasteiger partial charge in [-0.25, -0.2) is 4.98 Å². The van der Waals surface area contributed by atoms with Crippen molar-refractivity contribution in [2.24, 2.45) is 5.73 Å². The van der Waals surface area contributed by atoms with Crippen LogP contribution in [0.15, 0.2) is 12.1 Å². The zero-order valence-electron chi connectivity index (χ0n) is 11.1. The summed E-state index contributed by atoms with van der Waals surface area (Å²) in [4.78, 5) is 6.64. The maximum Gasteiger partial charge on any atom is 0.139 e. The van der Waals surface area contributed by atoms with E-state index in [2.05, 4.69) is 23.7 Å². The fraction of sp³-hybridized carbons (Fsp3) is 0.538. The van der Waals surface area contributed by atoms with Gasteiger partial charge >= 0.3 is 0 Å². The van der Waals surface area contributed by atoms with Crippen molar-refractivity contribution in [1.29, 1.82) is 5.41 Å². The second kappa shape index (κ2) is 5.66. The van der Waals surface area contributed by atoms with Crippen LogP contribution in [-0.2, 0) is 0 Å². The normalized spacial score (nSPS) is 10.6. The number of hydrogen-bond acceptors (Lipinski definition) is 3. The van der Waals surface area contributed by atoms with Crippen molar-refractivity contribution in [3.63, 3.8) is 0 Å². The molecule has 0 saturated heterocycles. The van der Waals surface area contributed by atoms with Crippen LogP contribution in [0.1, 0.15) is 37.9 Å². The fourth-order valence-corrected chi connectivity index (χ4v) is 2.03. The summed E-state index contributed by atoms with van der Waals surface area (Å²) in [6, 6.07) is 4.20. The van der Waals surface area contributed by atoms with Gasteiger partial charge in [-0.15, -0.1) is 0 Å². The van der Waals surface area contributed by atoms with Crippen LogP contribution < -0.4 is 10.6 Å². The van der Waals surface area contributed by atoms with Crippen LogP contribution in [-0.4, -0.2) is 23.9 Å². The highest BCUT2D eigenvalue weighted by Gasteiger charge is 2.17. The molecule has 0 aliphatic carbocycles. The van der Waals surface area contributed by atoms with Crippen molar-refractivity contribution < 1.29 is 0 Å². The van der Waals surface area contributed by atoms with Crippen molar-refractivity contribution >= 4 is 11.7 Å². The monoisotopic (exact) mass is 234 g/mol. The Morgan fingerprint density at radius 2 is 2.00 bits per heavy atom. The summed E-state index contributed by atoms with van der Waals surface area (Å²) < 4.78 is 0. The zero-order chi connectivity index (χ0) is 13.0. The molecule has 0 fully saturated rings. The van der Waals surface area contributed by atoms with Crippen molar-refractivity contribution in [3.8, 4) is 0 Å². The van der Waals surface area contributed by atoms with Crippen molar-refractivity contribution in [1.82, 2.24) is 4.98 Å². The van der Waals surface area contributed by atoms with Gasteiger partial charge in [0.05, 0.1) is 5.56 Å². The Morgan fingerprint density at radius 1 is 1.41 bits per heavy atom. The van der Waals surface area contributed by atoms with Crippen molar-refractivity contribution in [3.05, 3.63) is 23.4 Å². The Hall–Kier alpha value is -1.58. The second-order valence-electron chi connectivity index (χ2n) is 4.32. The van der Waals surface area contributed by atoms with Gasteiger partial charge in [-0.05, 0) is 31.9 Å². The molecule has 1 aromatic heterocycles. The number of hydrogen-bond donors (Lipinski definition) is 2. The molecule has 3 N–H and O–H groups in total. The molecule has 0 radical (unpaired) electrons. The van der Waals surface area contributed by atoms with Crippen LogP contribution >= 0.6 is 0 Å². The Kier molecular flexibility index (Phi) is 4.49. The minimum absolute atomic E-state index is 0.0744. The molecular formula is C13H22N4. The lowest BCUT2D eigenvalue weighted by Crippen LogP contribution is -2.33. The minimum atomic E-state index is 0.0744. The molecule has 4 nitrogen and oxygen atoms in total. The molecule has 0 aliphatic heterocycles. The number of rotatable bonds is 5. The van der Waals surface area contributed by atoms with Gasteiger partial charge in [0.15, 0.2) is 0 Å². The number of nitrogen functional groups attached to an aromatic ring is 1. The van der Waals surface area contributed by atoms with Gasteiger partial charge in [0, 0.05) is 18.8 Å². The van der Waals surface area contributed by atoms with E-state index in [-0.39, 0.29) is 5.84 Å². The third-order valence-corrected chi connectivity index (χ3v) is 3.13. The van der Waals surface area contributed by atoms with Gasteiger partial charge in [0.1, 0.15) is 11.7 Å². The number of aryl methyl sites for hydroxylation is 1. The first-order chi connectivity index (χ1) is 8.01. The summed E-state index contributed by atoms with van der Waals surface area (Å²) in [5, 5.41) is 7.61. The Morgan fingerprint density at radius 3 is 2.47 bits per heavy atom. The van der Waals surface area contributed by atoms with E-state index >= 15 is 0 Å². The van der Waals surface area contributed by atoms with E-state index in [4.69, 9.17) is 11.1 Å². The molecule has 1 heterocycles. The van der Waals surface area contributed by atoms with E-state index in [0.717, 1.165) is 24.4 Å². The van der Waals surface area contributed by atoms with Gasteiger partial charge in [0.2, 0.25) is 0 Å². The molecule has 1 aromatic rings. The lowest BCUT2D eigenvalue weighted by atomic mass is 10.1. The van der Waals surface area contributed by atoms with Crippen LogP contribution in [0.2, 0.25) is 0 Å². The first-order valence-electron chi connectivity index (χ1n) is 6.06. The number of pyridine rings is 1. The smallest absolute Gasteiger partial charge is 0.139 e. The van der Waals surface area contributed by atoms with Gasteiger partial charge < -0.3 is 10.6 Å². The third-order valence-electron chi connectivity index (χ3n) is 3.13. The van der Waals surface area contributed by atoms with Gasteiger partial charge in [-0.1, -0.05) is 13.8 Å². The van der Waals surface area contributed by atoms with E-state index in [1.165, 1.54) is 0 Å². The number of nitrogens with one attached hydrogen (secondary N) is 1. The molecule has 1 rings (SSSR count). The van der Waals surface area contributed by atoms with Crippen LogP contribution in [0.3, 0.4) is 0 Å². The quantitative estimate of drug-likeness (QED) is 0.607. The fourth-order valence-electron chi connectivity index (χ4n) is 2.03. The van der Waals surface area contributed by atoms with E-state index in [1.807, 2.05) is 26.1 Å². The summed E-state index contributed by atoms with van der Waals surface area (Å²) in [5.41, 5.74) is 7.26. The molecule has 0 unspecified atom stereocenters. The van der Waals surface area contributed by atoms with Crippen molar-refractivity contribution in [2.45, 2.75) is 39.7 Å². The predicted octanol–water partition coefficient (Wildman–Crippen LogP) is 2.30. The molecule has 0 amide bonds. The van der Waals surface area contributed by atoms with E-state index in [1.54, 1.807) is 0 Å². The molecule has 0 atom stereocenters. The summed E-state index contributed by atoms with van der Waals surface area (Å²) in [7, 11) is 2.02. The van der Waals surface area contributed by atoms with Crippen molar-refractivity contribution in [2.75, 3.05) is 11.9 Å². The topological polar surface area (TPSA) is 66.0 Å². The maximum atomic E-state index is 7.61. The molecule has 0 spiro atoms. The molecule has 17 heavy (non-hydrogen) atoms. The summed E-state index contributed by atoms with van der Waals surface area (Å²) in [6.45, 7) is 6.27. The van der Waals surface area contributed by atoms with Crippen LogP contribution in [0, 0.1) is 12.3 Å². The molecule has 0 bridgehead atoms. The van der Waals surface area contributed by atoms with Crippen LogP contribution in [0.25, 0.3) is 0 Å². The number of nitrogens with zero attached hydrogens (tertiary/aromatic N) is 2. The average molecular weight is 234 g/mol. The molecule has 94 valence electrons. The molecule has 4 heteroatoms. The van der Waals surface area contributed by atoms with E-state index in [0.29, 0.717) is 11.6 Å². The molecule has 0 aliphatic rings. The lowest BCUT2D eigenvalue weighted by molar-refractivity contribution is 0.586. The lowest BCUT2D eigenvalue weighted by Gasteiger charge is -2.29. The summed E-state index contributed by atoms with van der Waals surface area (Å²) >= 11 is 0. The van der Waals surface area contributed by atoms with E-state index < -0.39 is 0 Å². The molecule has 0 saturated carbocycles. The number of nitrogens with two attached hydrogens (primary N) is 1. The first kappa shape index (κ1) is 13.5. The molecular weight excluding hydrogens is 212 g/mol. The Balaban J connectivity index is 3.18. The maximum absolute atomic E-state index is 7.61. The SMILES string of the molecule is CCC(CC)N(C)c1nc(C)ccc1C(=N)N. The number of anilines is 1. The highest BCUT2D eigenvalue weighted by Crippen LogP contribution is 2.21. The average Bonchev–Trinajstić information content (AvgIpc) is 2.29. The Labute approximate surface area is 103 Å². The summed E-state index contributed by atoms with van der Waals surface area (Å²) in [6.07, 6.45) is 2.11. The third kappa shape index (κ3) is 2.96. The molecule has 0 aromatic carbocycles. The minimum Gasteiger partial charge on any atom is -0.384 e. The second-order valence-corrected chi connectivity index (χ2v) is 4.32. The Bertz CT molecular complexity index is 396. The largest absolute Gasteiger partial charge is 0.384 e. The first-order valence-corrected chi connectivity index (χ1v) is 6.06. The number of aromatic nitrogens is 1. The predicted molar refractivity (Wildman–Crippen MR) is 72.8 cm³/mol.